The zero-order chi connectivity index (χ0) is 15.5. The van der Waals surface area contributed by atoms with Crippen LogP contribution in [0.5, 0.6) is 0 Å². The number of thiophene rings is 2. The highest BCUT2D eigenvalue weighted by Crippen LogP contribution is 2.30. The second kappa shape index (κ2) is 6.61. The number of H-pyrrole nitrogens is 1. The van der Waals surface area contributed by atoms with Crippen molar-refractivity contribution in [2.45, 2.75) is 6.42 Å². The Labute approximate surface area is 145 Å². The third kappa shape index (κ3) is 3.19. The van der Waals surface area contributed by atoms with Crippen molar-refractivity contribution in [2.75, 3.05) is 11.9 Å². The molecule has 0 aromatic carbocycles. The van der Waals surface area contributed by atoms with Crippen LogP contribution in [0.4, 0.5) is 5.13 Å². The van der Waals surface area contributed by atoms with Crippen LogP contribution < -0.4 is 5.32 Å². The van der Waals surface area contributed by atoms with Gasteiger partial charge in [0.25, 0.3) is 0 Å². The highest BCUT2D eigenvalue weighted by Gasteiger charge is 2.10. The SMILES string of the molecule is c1csc(-c2nnc(NCCc3[nH]cnc3-c3cccs3)s2)c1. The smallest absolute Gasteiger partial charge is 0.206 e. The fraction of sp³-hybridized carbons (Fsp3) is 0.133. The fourth-order valence-electron chi connectivity index (χ4n) is 2.23. The molecule has 0 bridgehead atoms. The summed E-state index contributed by atoms with van der Waals surface area (Å²) in [4.78, 5) is 10.0. The maximum Gasteiger partial charge on any atom is 0.206 e. The van der Waals surface area contributed by atoms with Crippen LogP contribution in [0.3, 0.4) is 0 Å². The molecule has 2 N–H and O–H groups in total. The van der Waals surface area contributed by atoms with Gasteiger partial charge in [-0.1, -0.05) is 23.5 Å². The van der Waals surface area contributed by atoms with E-state index in [0.29, 0.717) is 0 Å². The molecule has 0 aliphatic heterocycles. The Bertz CT molecular complexity index is 861. The second-order valence-electron chi connectivity index (χ2n) is 4.77. The van der Waals surface area contributed by atoms with Crippen molar-refractivity contribution in [3.63, 3.8) is 0 Å². The van der Waals surface area contributed by atoms with Gasteiger partial charge in [0.15, 0.2) is 5.01 Å². The average Bonchev–Trinajstić information content (AvgIpc) is 3.33. The number of nitrogens with zero attached hydrogens (tertiary/aromatic N) is 3. The van der Waals surface area contributed by atoms with E-state index in [1.54, 1.807) is 40.3 Å². The van der Waals surface area contributed by atoms with Gasteiger partial charge in [-0.2, -0.15) is 0 Å². The van der Waals surface area contributed by atoms with Gasteiger partial charge in [-0.05, 0) is 22.9 Å². The van der Waals surface area contributed by atoms with Crippen LogP contribution in [-0.2, 0) is 6.42 Å². The van der Waals surface area contributed by atoms with Crippen LogP contribution in [0, 0.1) is 0 Å². The maximum atomic E-state index is 4.43. The summed E-state index contributed by atoms with van der Waals surface area (Å²) >= 11 is 4.97. The van der Waals surface area contributed by atoms with Crippen LogP contribution in [0.1, 0.15) is 5.69 Å². The van der Waals surface area contributed by atoms with E-state index in [9.17, 15) is 0 Å². The first-order valence-electron chi connectivity index (χ1n) is 7.07. The number of aromatic nitrogens is 4. The third-order valence-electron chi connectivity index (χ3n) is 3.28. The first-order valence-corrected chi connectivity index (χ1v) is 9.65. The molecule has 116 valence electrons. The molecule has 23 heavy (non-hydrogen) atoms. The Hall–Kier alpha value is -2.03. The number of hydrogen-bond donors (Lipinski definition) is 2. The highest BCUT2D eigenvalue weighted by atomic mass is 32.1. The molecule has 4 rings (SSSR count). The standard InChI is InChI=1S/C15H13N5S3/c1-3-11(21-7-1)13-10(17-9-18-13)5-6-16-15-20-19-14(23-15)12-4-2-8-22-12/h1-4,7-9H,5-6H2,(H,16,20)(H,17,18). The van der Waals surface area contributed by atoms with Gasteiger partial charge in [0, 0.05) is 18.7 Å². The van der Waals surface area contributed by atoms with E-state index in [-0.39, 0.29) is 0 Å². The summed E-state index contributed by atoms with van der Waals surface area (Å²) in [6.07, 6.45) is 2.62. The molecule has 0 unspecified atom stereocenters. The number of anilines is 1. The number of rotatable bonds is 6. The minimum absolute atomic E-state index is 0.791. The van der Waals surface area contributed by atoms with E-state index in [1.165, 1.54) is 4.88 Å². The van der Waals surface area contributed by atoms with Crippen LogP contribution in [-0.4, -0.2) is 26.7 Å². The average molecular weight is 360 g/mol. The largest absolute Gasteiger partial charge is 0.360 e. The van der Waals surface area contributed by atoms with Crippen molar-refractivity contribution in [1.82, 2.24) is 20.2 Å². The molecule has 5 nitrogen and oxygen atoms in total. The topological polar surface area (TPSA) is 66.5 Å². The molecule has 0 atom stereocenters. The summed E-state index contributed by atoms with van der Waals surface area (Å²) < 4.78 is 0. The van der Waals surface area contributed by atoms with Crippen molar-refractivity contribution < 1.29 is 0 Å². The van der Waals surface area contributed by atoms with Crippen LogP contribution in [0.25, 0.3) is 20.5 Å². The van der Waals surface area contributed by atoms with Gasteiger partial charge in [-0.25, -0.2) is 4.98 Å². The second-order valence-corrected chi connectivity index (χ2v) is 7.65. The van der Waals surface area contributed by atoms with Crippen molar-refractivity contribution >= 4 is 39.1 Å². The predicted octanol–water partition coefficient (Wildman–Crippen LogP) is 4.37. The fourth-order valence-corrected chi connectivity index (χ4v) is 4.54. The van der Waals surface area contributed by atoms with Crippen LogP contribution >= 0.6 is 34.0 Å². The Kier molecular flexibility index (Phi) is 4.18. The quantitative estimate of drug-likeness (QED) is 0.536. The Morgan fingerprint density at radius 2 is 1.87 bits per heavy atom. The summed E-state index contributed by atoms with van der Waals surface area (Å²) in [5.41, 5.74) is 2.18. The highest BCUT2D eigenvalue weighted by molar-refractivity contribution is 7.22. The molecule has 4 aromatic heterocycles. The van der Waals surface area contributed by atoms with Gasteiger partial charge in [0.2, 0.25) is 5.13 Å². The lowest BCUT2D eigenvalue weighted by molar-refractivity contribution is 0.965. The summed E-state index contributed by atoms with van der Waals surface area (Å²) in [7, 11) is 0. The lowest BCUT2D eigenvalue weighted by Gasteiger charge is -2.02. The molecule has 0 spiro atoms. The molecule has 4 aromatic rings. The van der Waals surface area contributed by atoms with Crippen molar-refractivity contribution in [3.8, 4) is 20.5 Å². The van der Waals surface area contributed by atoms with E-state index < -0.39 is 0 Å². The minimum Gasteiger partial charge on any atom is -0.360 e. The summed E-state index contributed by atoms with van der Waals surface area (Å²) in [6, 6.07) is 8.23. The zero-order valence-corrected chi connectivity index (χ0v) is 14.5. The van der Waals surface area contributed by atoms with Crippen molar-refractivity contribution in [3.05, 3.63) is 47.0 Å². The minimum atomic E-state index is 0.791. The van der Waals surface area contributed by atoms with Gasteiger partial charge in [0.1, 0.15) is 5.69 Å². The van der Waals surface area contributed by atoms with E-state index in [2.05, 4.69) is 43.0 Å². The molecule has 0 radical (unpaired) electrons. The van der Waals surface area contributed by atoms with E-state index >= 15 is 0 Å². The number of nitrogens with one attached hydrogen (secondary N) is 2. The summed E-state index contributed by atoms with van der Waals surface area (Å²) in [5, 5.41) is 17.7. The van der Waals surface area contributed by atoms with Gasteiger partial charge in [0.05, 0.1) is 16.1 Å². The molecule has 0 saturated heterocycles. The van der Waals surface area contributed by atoms with Gasteiger partial charge in [-0.15, -0.1) is 32.9 Å². The maximum absolute atomic E-state index is 4.43. The van der Waals surface area contributed by atoms with Crippen LogP contribution in [0.15, 0.2) is 41.4 Å². The van der Waals surface area contributed by atoms with E-state index in [1.807, 2.05) is 17.5 Å². The third-order valence-corrected chi connectivity index (χ3v) is 6.08. The van der Waals surface area contributed by atoms with Gasteiger partial charge in [-0.3, -0.25) is 0 Å². The van der Waals surface area contributed by atoms with Crippen molar-refractivity contribution in [1.29, 1.82) is 0 Å². The molecule has 0 amide bonds. The number of imidazole rings is 1. The Morgan fingerprint density at radius 3 is 2.65 bits per heavy atom. The summed E-state index contributed by atoms with van der Waals surface area (Å²) in [5.74, 6) is 0. The molecule has 0 aliphatic rings. The monoisotopic (exact) mass is 359 g/mol. The zero-order valence-electron chi connectivity index (χ0n) is 12.0. The summed E-state index contributed by atoms with van der Waals surface area (Å²) in [6.45, 7) is 0.791. The molecular formula is C15H13N5S3. The van der Waals surface area contributed by atoms with Crippen LogP contribution in [0.2, 0.25) is 0 Å². The van der Waals surface area contributed by atoms with E-state index in [0.717, 1.165) is 39.4 Å². The van der Waals surface area contributed by atoms with Gasteiger partial charge >= 0.3 is 0 Å². The molecule has 0 aliphatic carbocycles. The molecular weight excluding hydrogens is 346 g/mol. The molecule has 8 heteroatoms. The van der Waals surface area contributed by atoms with Crippen molar-refractivity contribution in [2.24, 2.45) is 0 Å². The molecule has 4 heterocycles. The lowest BCUT2D eigenvalue weighted by Crippen LogP contribution is -2.05. The Balaban J connectivity index is 1.39. The number of aromatic amines is 1. The first-order chi connectivity index (χ1) is 11.4. The Morgan fingerprint density at radius 1 is 1.04 bits per heavy atom. The van der Waals surface area contributed by atoms with E-state index in [4.69, 9.17) is 0 Å². The normalized spacial score (nSPS) is 11.0. The molecule has 0 saturated carbocycles. The van der Waals surface area contributed by atoms with Gasteiger partial charge < -0.3 is 10.3 Å². The number of hydrogen-bond acceptors (Lipinski definition) is 7. The molecule has 0 fully saturated rings. The first kappa shape index (κ1) is 14.6. The lowest BCUT2D eigenvalue weighted by atomic mass is 10.2. The predicted molar refractivity (Wildman–Crippen MR) is 97.3 cm³/mol.